The molecule has 3 aliphatic rings. The number of hydrogen-bond donors (Lipinski definition) is 4. The Morgan fingerprint density at radius 2 is 1.84 bits per heavy atom. The van der Waals surface area contributed by atoms with Crippen molar-refractivity contribution < 1.29 is 23.5 Å². The average Bonchev–Trinajstić information content (AvgIpc) is 3.65. The normalized spacial score (nSPS) is 18.5. The van der Waals surface area contributed by atoms with E-state index in [2.05, 4.69) is 78.7 Å². The first kappa shape index (κ1) is 42.2. The largest absolute Gasteiger partial charge is 0.506 e. The molecule has 6 aromatic rings. The zero-order valence-corrected chi connectivity index (χ0v) is 36.8. The Balaban J connectivity index is 0.907. The summed E-state index contributed by atoms with van der Waals surface area (Å²) in [6.45, 7) is 15.2. The predicted octanol–water partition coefficient (Wildman–Crippen LogP) is 10.2. The number of carbonyl (C=O) groups is 1. The standard InChI is InChI=1S/C49H57N5O6Si/c1-49(2,3)61(4,5)60-43(37-18-21-41(55)47-38(37)19-22-45(56)53-47)30-50-29-33-16-20-39-42(28-33)58-46(51-39)14-10-9-11-32-15-17-36(34-12-7-6-8-13-34)40(27-32)52-48(57)59-44-31-54-25-23-35(44)24-26-54/h6-9,11-13,15-22,27-28,35,43-44,50,55H,10,14,23-26,29-31H2,1-5H3,(H,52,57)(H,53,56)/b11-9+/t43-,44-/m0/s1. The number of nitrogens with one attached hydrogen (secondary N) is 3. The highest BCUT2D eigenvalue weighted by atomic mass is 28.4. The van der Waals surface area contributed by atoms with Gasteiger partial charge in [-0.1, -0.05) is 87.5 Å². The minimum Gasteiger partial charge on any atom is -0.506 e. The summed E-state index contributed by atoms with van der Waals surface area (Å²) in [7, 11) is -2.22. The lowest BCUT2D eigenvalue weighted by Gasteiger charge is -2.43. The van der Waals surface area contributed by atoms with Gasteiger partial charge in [-0.15, -0.1) is 0 Å². The monoisotopic (exact) mass is 839 g/mol. The Morgan fingerprint density at radius 1 is 1.03 bits per heavy atom. The van der Waals surface area contributed by atoms with E-state index in [1.54, 1.807) is 12.1 Å². The number of carbonyl (C=O) groups excluding carboxylic acids is 1. The van der Waals surface area contributed by atoms with Crippen LogP contribution in [0.15, 0.2) is 106 Å². The number of phenolic OH excluding ortho intramolecular Hbond substituents is 1. The minimum absolute atomic E-state index is 0.0179. The van der Waals surface area contributed by atoms with Crippen LogP contribution in [-0.2, 0) is 22.1 Å². The Kier molecular flexibility index (Phi) is 12.3. The van der Waals surface area contributed by atoms with Crippen LogP contribution in [0.4, 0.5) is 10.5 Å². The summed E-state index contributed by atoms with van der Waals surface area (Å²) in [5, 5.41) is 18.0. The van der Waals surface area contributed by atoms with Crippen LogP contribution in [0.3, 0.4) is 0 Å². The molecule has 11 nitrogen and oxygen atoms in total. The zero-order valence-electron chi connectivity index (χ0n) is 35.8. The van der Waals surface area contributed by atoms with Gasteiger partial charge in [-0.3, -0.25) is 15.0 Å². The van der Waals surface area contributed by atoms with Crippen LogP contribution in [0, 0.1) is 5.92 Å². The molecule has 5 heterocycles. The predicted molar refractivity (Wildman–Crippen MR) is 245 cm³/mol. The van der Waals surface area contributed by atoms with Gasteiger partial charge in [0.15, 0.2) is 19.8 Å². The van der Waals surface area contributed by atoms with Crippen molar-refractivity contribution in [2.24, 2.45) is 5.92 Å². The number of phenols is 1. The highest BCUT2D eigenvalue weighted by Crippen LogP contribution is 2.41. The SMILES string of the molecule is CC(C)(C)[Si](C)(C)O[C@@H](CNCc1ccc2nc(CC/C=C/c3ccc(-c4ccccc4)c(NC(=O)O[C@H]4CN5CCC4CC5)c3)oc2c1)c1ccc(O)c2[nH]c(=O)ccc12. The number of aromatic nitrogens is 2. The van der Waals surface area contributed by atoms with E-state index in [9.17, 15) is 14.7 Å². The van der Waals surface area contributed by atoms with E-state index in [1.807, 2.05) is 60.7 Å². The molecule has 0 aliphatic carbocycles. The van der Waals surface area contributed by atoms with Crippen molar-refractivity contribution in [2.75, 3.05) is 31.5 Å². The summed E-state index contributed by atoms with van der Waals surface area (Å²) < 4.78 is 19.2. The number of H-pyrrole nitrogens is 1. The second-order valence-electron chi connectivity index (χ2n) is 18.0. The summed E-state index contributed by atoms with van der Waals surface area (Å²) >= 11 is 0. The molecular formula is C49H57N5O6Si. The number of aryl methyl sites for hydroxylation is 1. The third kappa shape index (κ3) is 9.84. The number of hydrogen-bond acceptors (Lipinski definition) is 9. The highest BCUT2D eigenvalue weighted by molar-refractivity contribution is 6.74. The maximum absolute atomic E-state index is 13.2. The van der Waals surface area contributed by atoms with Gasteiger partial charge < -0.3 is 29.0 Å². The lowest BCUT2D eigenvalue weighted by atomic mass is 9.86. The minimum atomic E-state index is -2.22. The number of aromatic amines is 1. The Hall–Kier alpha value is -5.53. The second-order valence-corrected chi connectivity index (χ2v) is 22.8. The van der Waals surface area contributed by atoms with E-state index in [0.29, 0.717) is 42.5 Å². The van der Waals surface area contributed by atoms with Gasteiger partial charge in [0.25, 0.3) is 0 Å². The highest BCUT2D eigenvalue weighted by Gasteiger charge is 2.40. The second kappa shape index (κ2) is 17.8. The molecule has 0 spiro atoms. The molecule has 0 unspecified atom stereocenters. The average molecular weight is 840 g/mol. The molecule has 2 aromatic heterocycles. The Bertz CT molecular complexity index is 2590. The Morgan fingerprint density at radius 3 is 2.59 bits per heavy atom. The van der Waals surface area contributed by atoms with Crippen LogP contribution in [0.25, 0.3) is 39.2 Å². The molecule has 4 N–H and O–H groups in total. The number of pyridine rings is 1. The quantitative estimate of drug-likeness (QED) is 0.0789. The molecule has 2 bridgehead atoms. The number of ether oxygens (including phenoxy) is 1. The molecule has 3 aliphatic heterocycles. The lowest BCUT2D eigenvalue weighted by Crippen LogP contribution is -2.52. The lowest BCUT2D eigenvalue weighted by molar-refractivity contribution is -0.0289. The zero-order chi connectivity index (χ0) is 42.7. The third-order valence-corrected chi connectivity index (χ3v) is 17.2. The van der Waals surface area contributed by atoms with Crippen molar-refractivity contribution in [1.82, 2.24) is 20.2 Å². The number of fused-ring (bicyclic) bond motifs is 5. The topological polar surface area (TPSA) is 142 Å². The van der Waals surface area contributed by atoms with E-state index in [-0.39, 0.29) is 28.6 Å². The summed E-state index contributed by atoms with van der Waals surface area (Å²) in [5.41, 5.74) is 7.29. The molecule has 0 radical (unpaired) electrons. The summed E-state index contributed by atoms with van der Waals surface area (Å²) in [5.74, 6) is 1.13. The van der Waals surface area contributed by atoms with Crippen LogP contribution >= 0.6 is 0 Å². The number of allylic oxidation sites excluding steroid dienone is 1. The molecule has 318 valence electrons. The van der Waals surface area contributed by atoms with Crippen molar-refractivity contribution in [1.29, 1.82) is 0 Å². The smallest absolute Gasteiger partial charge is 0.411 e. The number of piperidine rings is 3. The molecule has 0 saturated carbocycles. The molecule has 61 heavy (non-hydrogen) atoms. The van der Waals surface area contributed by atoms with Gasteiger partial charge in [0.05, 0.1) is 17.3 Å². The van der Waals surface area contributed by atoms with Crippen molar-refractivity contribution >= 4 is 48.2 Å². The van der Waals surface area contributed by atoms with E-state index < -0.39 is 14.4 Å². The van der Waals surface area contributed by atoms with Gasteiger partial charge in [0.2, 0.25) is 5.56 Å². The maximum Gasteiger partial charge on any atom is 0.411 e. The molecule has 1 amide bonds. The van der Waals surface area contributed by atoms with Gasteiger partial charge in [0.1, 0.15) is 17.4 Å². The molecule has 9 rings (SSSR count). The van der Waals surface area contributed by atoms with Crippen molar-refractivity contribution in [3.05, 3.63) is 130 Å². The fraction of sp³-hybridized carbons (Fsp3) is 0.367. The number of aromatic hydroxyl groups is 1. The summed E-state index contributed by atoms with van der Waals surface area (Å²) in [6, 6.07) is 29.0. The molecular weight excluding hydrogens is 783 g/mol. The van der Waals surface area contributed by atoms with Gasteiger partial charge in [0, 0.05) is 43.1 Å². The molecule has 2 atom stereocenters. The first-order valence-corrected chi connectivity index (χ1v) is 24.4. The van der Waals surface area contributed by atoms with E-state index in [0.717, 1.165) is 83.2 Å². The van der Waals surface area contributed by atoms with Crippen LogP contribution in [0.1, 0.15) is 68.7 Å². The fourth-order valence-corrected chi connectivity index (χ4v) is 9.53. The first-order chi connectivity index (χ1) is 29.3. The number of benzene rings is 4. The van der Waals surface area contributed by atoms with Gasteiger partial charge >= 0.3 is 6.09 Å². The number of anilines is 1. The van der Waals surface area contributed by atoms with Gasteiger partial charge in [-0.25, -0.2) is 9.78 Å². The summed E-state index contributed by atoms with van der Waals surface area (Å²) in [4.78, 5) is 35.3. The molecule has 4 aromatic carbocycles. The molecule has 12 heteroatoms. The first-order valence-electron chi connectivity index (χ1n) is 21.5. The van der Waals surface area contributed by atoms with Crippen LogP contribution in [0.2, 0.25) is 18.1 Å². The van der Waals surface area contributed by atoms with E-state index in [1.165, 1.54) is 6.07 Å². The van der Waals surface area contributed by atoms with E-state index in [4.69, 9.17) is 18.6 Å². The molecule has 3 saturated heterocycles. The van der Waals surface area contributed by atoms with Crippen molar-refractivity contribution in [2.45, 2.75) is 83.3 Å². The maximum atomic E-state index is 13.2. The van der Waals surface area contributed by atoms with Gasteiger partial charge in [-0.2, -0.15) is 0 Å². The van der Waals surface area contributed by atoms with Gasteiger partial charge in [-0.05, 0) is 109 Å². The number of oxazole rings is 1. The van der Waals surface area contributed by atoms with Crippen LogP contribution in [-0.4, -0.2) is 66.7 Å². The number of amides is 1. The van der Waals surface area contributed by atoms with Crippen molar-refractivity contribution in [3.8, 4) is 16.9 Å². The fourth-order valence-electron chi connectivity index (χ4n) is 8.25. The van der Waals surface area contributed by atoms with Crippen LogP contribution in [0.5, 0.6) is 5.75 Å². The Labute approximate surface area is 358 Å². The van der Waals surface area contributed by atoms with Crippen LogP contribution < -0.4 is 16.2 Å². The molecule has 3 fully saturated rings. The van der Waals surface area contributed by atoms with E-state index >= 15 is 0 Å². The third-order valence-electron chi connectivity index (χ3n) is 12.7. The number of nitrogens with zero attached hydrogens (tertiary/aromatic N) is 2. The summed E-state index contributed by atoms with van der Waals surface area (Å²) in [6.07, 6.45) is 6.90. The number of rotatable bonds is 14. The van der Waals surface area contributed by atoms with Crippen molar-refractivity contribution in [3.63, 3.8) is 0 Å².